The van der Waals surface area contributed by atoms with Gasteiger partial charge in [-0.15, -0.1) is 0 Å². The van der Waals surface area contributed by atoms with Crippen LogP contribution in [-0.4, -0.2) is 56.4 Å². The van der Waals surface area contributed by atoms with Crippen molar-refractivity contribution in [2.45, 2.75) is 58.7 Å². The van der Waals surface area contributed by atoms with Crippen LogP contribution in [0.2, 0.25) is 0 Å². The van der Waals surface area contributed by atoms with E-state index in [1.807, 2.05) is 20.8 Å². The zero-order valence-electron chi connectivity index (χ0n) is 12.6. The quantitative estimate of drug-likeness (QED) is 0.766. The fraction of sp³-hybridized carbons (Fsp3) is 1.00. The third-order valence-electron chi connectivity index (χ3n) is 3.56. The van der Waals surface area contributed by atoms with E-state index in [9.17, 15) is 8.42 Å². The number of sulfonamides is 1. The van der Waals surface area contributed by atoms with E-state index in [-0.39, 0.29) is 30.5 Å². The molecule has 0 bridgehead atoms. The summed E-state index contributed by atoms with van der Waals surface area (Å²) in [4.78, 5) is 0. The predicted molar refractivity (Wildman–Crippen MR) is 77.7 cm³/mol. The predicted octanol–water partition coefficient (Wildman–Crippen LogP) is 1.20. The van der Waals surface area contributed by atoms with Crippen LogP contribution >= 0.6 is 0 Å². The molecule has 19 heavy (non-hydrogen) atoms. The molecule has 0 spiro atoms. The first kappa shape index (κ1) is 16.9. The molecule has 114 valence electrons. The highest BCUT2D eigenvalue weighted by Gasteiger charge is 2.34. The zero-order valence-corrected chi connectivity index (χ0v) is 13.4. The van der Waals surface area contributed by atoms with Crippen LogP contribution in [0.25, 0.3) is 0 Å². The van der Waals surface area contributed by atoms with Crippen LogP contribution < -0.4 is 5.32 Å². The second-order valence-electron chi connectivity index (χ2n) is 5.38. The molecule has 0 aromatic heterocycles. The fourth-order valence-corrected chi connectivity index (χ4v) is 3.93. The van der Waals surface area contributed by atoms with Crippen LogP contribution in [0.3, 0.4) is 0 Å². The molecule has 0 aliphatic carbocycles. The Morgan fingerprint density at radius 3 is 2.53 bits per heavy atom. The first-order valence-electron chi connectivity index (χ1n) is 7.25. The Kier molecular flexibility index (Phi) is 6.73. The van der Waals surface area contributed by atoms with Gasteiger partial charge in [-0.2, -0.15) is 4.31 Å². The Morgan fingerprint density at radius 1 is 1.32 bits per heavy atom. The molecule has 0 saturated carbocycles. The fourth-order valence-electron chi connectivity index (χ4n) is 2.30. The van der Waals surface area contributed by atoms with Crippen molar-refractivity contribution in [3.8, 4) is 0 Å². The van der Waals surface area contributed by atoms with Crippen molar-refractivity contribution in [1.82, 2.24) is 9.62 Å². The molecule has 5 nitrogen and oxygen atoms in total. The van der Waals surface area contributed by atoms with Crippen LogP contribution in [0.5, 0.6) is 0 Å². The van der Waals surface area contributed by atoms with Gasteiger partial charge in [-0.1, -0.05) is 13.8 Å². The van der Waals surface area contributed by atoms with Gasteiger partial charge >= 0.3 is 0 Å². The first-order valence-corrected chi connectivity index (χ1v) is 8.86. The van der Waals surface area contributed by atoms with E-state index < -0.39 is 10.0 Å². The molecule has 2 atom stereocenters. The largest absolute Gasteiger partial charge is 0.378 e. The minimum Gasteiger partial charge on any atom is -0.378 e. The van der Waals surface area contributed by atoms with Crippen molar-refractivity contribution >= 4 is 10.0 Å². The summed E-state index contributed by atoms with van der Waals surface area (Å²) in [6.45, 7) is 9.55. The minimum absolute atomic E-state index is 0.0728. The second-order valence-corrected chi connectivity index (χ2v) is 7.42. The Hall–Kier alpha value is -0.170. The summed E-state index contributed by atoms with van der Waals surface area (Å²) in [5, 5.41) is 3.41. The number of nitrogens with one attached hydrogen (secondary N) is 1. The van der Waals surface area contributed by atoms with Gasteiger partial charge in [0.2, 0.25) is 10.0 Å². The van der Waals surface area contributed by atoms with Crippen LogP contribution in [-0.2, 0) is 14.8 Å². The normalized spacial score (nSPS) is 25.9. The Morgan fingerprint density at radius 2 is 2.00 bits per heavy atom. The lowest BCUT2D eigenvalue weighted by molar-refractivity contribution is 0.0900. The molecule has 1 fully saturated rings. The SMILES string of the molecule is CCC1CN(S(=O)(=O)CCOC(C)C)C(CC)CN1. The van der Waals surface area contributed by atoms with E-state index in [1.54, 1.807) is 4.31 Å². The highest BCUT2D eigenvalue weighted by Crippen LogP contribution is 2.17. The van der Waals surface area contributed by atoms with Gasteiger partial charge in [0.05, 0.1) is 18.5 Å². The van der Waals surface area contributed by atoms with Crippen LogP contribution in [0.1, 0.15) is 40.5 Å². The minimum atomic E-state index is -3.21. The smallest absolute Gasteiger partial charge is 0.216 e. The lowest BCUT2D eigenvalue weighted by Gasteiger charge is -2.38. The summed E-state index contributed by atoms with van der Waals surface area (Å²) in [6, 6.07) is 0.343. The number of nitrogens with zero attached hydrogens (tertiary/aromatic N) is 1. The highest BCUT2D eigenvalue weighted by molar-refractivity contribution is 7.89. The molecule has 0 radical (unpaired) electrons. The zero-order chi connectivity index (χ0) is 14.5. The number of piperazine rings is 1. The molecule has 0 aromatic rings. The number of hydrogen-bond acceptors (Lipinski definition) is 4. The molecule has 1 rings (SSSR count). The van der Waals surface area contributed by atoms with Crippen molar-refractivity contribution in [3.05, 3.63) is 0 Å². The van der Waals surface area contributed by atoms with Gasteiger partial charge in [-0.05, 0) is 26.7 Å². The van der Waals surface area contributed by atoms with Gasteiger partial charge in [-0.3, -0.25) is 0 Å². The Labute approximate surface area is 117 Å². The molecule has 0 amide bonds. The topological polar surface area (TPSA) is 58.6 Å². The van der Waals surface area contributed by atoms with Gasteiger partial charge < -0.3 is 10.1 Å². The van der Waals surface area contributed by atoms with Gasteiger partial charge in [-0.25, -0.2) is 8.42 Å². The molecular formula is C13H28N2O3S. The van der Waals surface area contributed by atoms with Crippen molar-refractivity contribution < 1.29 is 13.2 Å². The maximum absolute atomic E-state index is 12.4. The van der Waals surface area contributed by atoms with Gasteiger partial charge in [0, 0.05) is 25.2 Å². The highest BCUT2D eigenvalue weighted by atomic mass is 32.2. The summed E-state index contributed by atoms with van der Waals surface area (Å²) in [6.07, 6.45) is 1.86. The third kappa shape index (κ3) is 5.02. The molecule has 1 heterocycles. The number of rotatable bonds is 7. The monoisotopic (exact) mass is 292 g/mol. The summed E-state index contributed by atoms with van der Waals surface area (Å²) in [5.41, 5.74) is 0. The van der Waals surface area contributed by atoms with Crippen LogP contribution in [0.4, 0.5) is 0 Å². The van der Waals surface area contributed by atoms with Gasteiger partial charge in [0.15, 0.2) is 0 Å². The number of ether oxygens (including phenoxy) is 1. The van der Waals surface area contributed by atoms with Crippen molar-refractivity contribution in [3.63, 3.8) is 0 Å². The van der Waals surface area contributed by atoms with Crippen LogP contribution in [0, 0.1) is 0 Å². The molecule has 2 unspecified atom stereocenters. The van der Waals surface area contributed by atoms with Crippen molar-refractivity contribution in [1.29, 1.82) is 0 Å². The molecule has 0 aromatic carbocycles. The summed E-state index contributed by atoms with van der Waals surface area (Å²) < 4.78 is 31.9. The average Bonchev–Trinajstić information content (AvgIpc) is 2.37. The molecule has 1 aliphatic heterocycles. The number of hydrogen-bond donors (Lipinski definition) is 1. The summed E-state index contributed by atoms with van der Waals surface area (Å²) in [5.74, 6) is 0.0815. The summed E-state index contributed by atoms with van der Waals surface area (Å²) in [7, 11) is -3.21. The summed E-state index contributed by atoms with van der Waals surface area (Å²) >= 11 is 0. The molecule has 1 N–H and O–H groups in total. The van der Waals surface area contributed by atoms with E-state index in [1.165, 1.54) is 0 Å². The molecular weight excluding hydrogens is 264 g/mol. The maximum atomic E-state index is 12.4. The average molecular weight is 292 g/mol. The van der Waals surface area contributed by atoms with E-state index in [0.29, 0.717) is 6.54 Å². The second kappa shape index (κ2) is 7.57. The van der Waals surface area contributed by atoms with E-state index in [0.717, 1.165) is 19.4 Å². The standard InChI is InChI=1S/C13H28N2O3S/c1-5-12-10-15(13(6-2)9-14-12)19(16,17)8-7-18-11(3)4/h11-14H,5-10H2,1-4H3. The maximum Gasteiger partial charge on any atom is 0.216 e. The molecule has 1 saturated heterocycles. The Balaban J connectivity index is 2.66. The molecule has 6 heteroatoms. The van der Waals surface area contributed by atoms with E-state index in [2.05, 4.69) is 12.2 Å². The van der Waals surface area contributed by atoms with E-state index in [4.69, 9.17) is 4.74 Å². The van der Waals surface area contributed by atoms with Crippen LogP contribution in [0.15, 0.2) is 0 Å². The lowest BCUT2D eigenvalue weighted by Crippen LogP contribution is -2.58. The van der Waals surface area contributed by atoms with Gasteiger partial charge in [0.25, 0.3) is 0 Å². The van der Waals surface area contributed by atoms with E-state index >= 15 is 0 Å². The lowest BCUT2D eigenvalue weighted by atomic mass is 10.1. The Bertz CT molecular complexity index is 357. The first-order chi connectivity index (χ1) is 8.90. The third-order valence-corrected chi connectivity index (χ3v) is 5.41. The molecule has 1 aliphatic rings. The van der Waals surface area contributed by atoms with Crippen molar-refractivity contribution in [2.24, 2.45) is 0 Å². The van der Waals surface area contributed by atoms with Gasteiger partial charge in [0.1, 0.15) is 0 Å². The van der Waals surface area contributed by atoms with Crippen molar-refractivity contribution in [2.75, 3.05) is 25.4 Å².